The molecule has 98 valence electrons. The lowest BCUT2D eigenvalue weighted by molar-refractivity contribution is 0.00672. The fourth-order valence-electron chi connectivity index (χ4n) is 1.41. The summed E-state index contributed by atoms with van der Waals surface area (Å²) >= 11 is 0. The molecule has 6 heteroatoms. The van der Waals surface area contributed by atoms with Crippen LogP contribution in [0.4, 0.5) is 11.4 Å². The minimum absolute atomic E-state index is 0.0124. The first-order chi connectivity index (χ1) is 8.11. The van der Waals surface area contributed by atoms with E-state index >= 15 is 0 Å². The molecule has 0 aliphatic carbocycles. The second-order valence-corrected chi connectivity index (χ2v) is 4.84. The van der Waals surface area contributed by atoms with Crippen molar-refractivity contribution in [2.45, 2.75) is 26.4 Å². The molecular weight excluding hydrogens is 236 g/mol. The number of carboxylic acids is 1. The first-order valence-corrected chi connectivity index (χ1v) is 5.27. The molecule has 5 N–H and O–H groups in total. The van der Waals surface area contributed by atoms with Crippen molar-refractivity contribution in [1.82, 2.24) is 0 Å². The summed E-state index contributed by atoms with van der Waals surface area (Å²) in [5.41, 5.74) is 10.1. The van der Waals surface area contributed by atoms with Gasteiger partial charge < -0.3 is 21.3 Å². The number of benzene rings is 1. The summed E-state index contributed by atoms with van der Waals surface area (Å²) in [6.45, 7) is 5.04. The van der Waals surface area contributed by atoms with Gasteiger partial charge in [0.25, 0.3) is 0 Å². The summed E-state index contributed by atoms with van der Waals surface area (Å²) < 4.78 is 5.11. The van der Waals surface area contributed by atoms with Gasteiger partial charge in [-0.1, -0.05) is 0 Å². The highest BCUT2D eigenvalue weighted by Crippen LogP contribution is 2.24. The molecule has 1 aromatic carbocycles. The standard InChI is InChI=1S/C12H16N2O4/c1-12(2,3)18-11(17)9-7(10(15)16)4-6(13)5-8(9)14/h4-5H,13-14H2,1-3H3,(H,15,16). The number of carbonyl (C=O) groups is 2. The van der Waals surface area contributed by atoms with Crippen molar-refractivity contribution in [3.8, 4) is 0 Å². The lowest BCUT2D eigenvalue weighted by atomic mass is 10.0. The van der Waals surface area contributed by atoms with Gasteiger partial charge in [0.1, 0.15) is 5.60 Å². The summed E-state index contributed by atoms with van der Waals surface area (Å²) in [5.74, 6) is -2.06. The zero-order chi connectivity index (χ0) is 14.1. The Labute approximate surface area is 105 Å². The minimum atomic E-state index is -1.28. The molecule has 0 aromatic heterocycles. The number of hydrogen-bond acceptors (Lipinski definition) is 5. The number of anilines is 2. The lowest BCUT2D eigenvalue weighted by Gasteiger charge is -2.20. The molecule has 0 bridgehead atoms. The molecule has 0 atom stereocenters. The van der Waals surface area contributed by atoms with E-state index < -0.39 is 17.5 Å². The van der Waals surface area contributed by atoms with Crippen LogP contribution >= 0.6 is 0 Å². The second kappa shape index (κ2) is 4.56. The quantitative estimate of drug-likeness (QED) is 0.542. The zero-order valence-electron chi connectivity index (χ0n) is 10.5. The summed E-state index contributed by atoms with van der Waals surface area (Å²) in [6, 6.07) is 2.50. The highest BCUT2D eigenvalue weighted by Gasteiger charge is 2.25. The zero-order valence-corrected chi connectivity index (χ0v) is 10.5. The van der Waals surface area contributed by atoms with Crippen LogP contribution in [0.25, 0.3) is 0 Å². The van der Waals surface area contributed by atoms with Crippen molar-refractivity contribution >= 4 is 23.3 Å². The Balaban J connectivity index is 3.31. The van der Waals surface area contributed by atoms with Crippen LogP contribution in [-0.2, 0) is 4.74 Å². The van der Waals surface area contributed by atoms with Crippen molar-refractivity contribution in [3.05, 3.63) is 23.3 Å². The Morgan fingerprint density at radius 3 is 2.22 bits per heavy atom. The van der Waals surface area contributed by atoms with Crippen LogP contribution < -0.4 is 11.5 Å². The Morgan fingerprint density at radius 2 is 1.78 bits per heavy atom. The summed E-state index contributed by atoms with van der Waals surface area (Å²) in [4.78, 5) is 23.0. The molecule has 1 aromatic rings. The van der Waals surface area contributed by atoms with E-state index in [-0.39, 0.29) is 22.5 Å². The molecule has 0 saturated carbocycles. The molecule has 0 aliphatic heterocycles. The smallest absolute Gasteiger partial charge is 0.341 e. The van der Waals surface area contributed by atoms with Gasteiger partial charge in [-0.3, -0.25) is 0 Å². The van der Waals surface area contributed by atoms with Crippen LogP contribution in [0.2, 0.25) is 0 Å². The number of hydrogen-bond donors (Lipinski definition) is 3. The van der Waals surface area contributed by atoms with Crippen molar-refractivity contribution in [3.63, 3.8) is 0 Å². The molecule has 0 fully saturated rings. The van der Waals surface area contributed by atoms with Crippen molar-refractivity contribution in [2.75, 3.05) is 11.5 Å². The lowest BCUT2D eigenvalue weighted by Crippen LogP contribution is -2.26. The van der Waals surface area contributed by atoms with Gasteiger partial charge in [0.2, 0.25) is 0 Å². The van der Waals surface area contributed by atoms with Gasteiger partial charge in [0, 0.05) is 11.4 Å². The normalized spacial score (nSPS) is 11.1. The maximum Gasteiger partial charge on any atom is 0.341 e. The molecular formula is C12H16N2O4. The number of ether oxygens (including phenoxy) is 1. The van der Waals surface area contributed by atoms with Gasteiger partial charge in [0.05, 0.1) is 11.1 Å². The highest BCUT2D eigenvalue weighted by molar-refractivity contribution is 6.07. The Morgan fingerprint density at radius 1 is 1.22 bits per heavy atom. The fourth-order valence-corrected chi connectivity index (χ4v) is 1.41. The Hall–Kier alpha value is -2.24. The first kappa shape index (κ1) is 13.8. The van der Waals surface area contributed by atoms with Gasteiger partial charge in [-0.25, -0.2) is 9.59 Å². The average Bonchev–Trinajstić information content (AvgIpc) is 2.12. The maximum absolute atomic E-state index is 11.9. The Kier molecular flexibility index (Phi) is 3.50. The second-order valence-electron chi connectivity index (χ2n) is 4.84. The molecule has 0 spiro atoms. The molecule has 0 aliphatic rings. The van der Waals surface area contributed by atoms with E-state index in [9.17, 15) is 9.59 Å². The van der Waals surface area contributed by atoms with Gasteiger partial charge in [0.15, 0.2) is 0 Å². The minimum Gasteiger partial charge on any atom is -0.478 e. The number of rotatable bonds is 2. The molecule has 1 rings (SSSR count). The number of carboxylic acid groups (broad SMARTS) is 1. The third kappa shape index (κ3) is 3.13. The van der Waals surface area contributed by atoms with E-state index in [2.05, 4.69) is 0 Å². The van der Waals surface area contributed by atoms with Gasteiger partial charge in [-0.15, -0.1) is 0 Å². The van der Waals surface area contributed by atoms with Gasteiger partial charge >= 0.3 is 11.9 Å². The van der Waals surface area contributed by atoms with Crippen molar-refractivity contribution in [2.24, 2.45) is 0 Å². The summed E-state index contributed by atoms with van der Waals surface area (Å²) in [6.07, 6.45) is 0. The van der Waals surface area contributed by atoms with Crippen LogP contribution in [0.5, 0.6) is 0 Å². The SMILES string of the molecule is CC(C)(C)OC(=O)c1c(N)cc(N)cc1C(=O)O. The largest absolute Gasteiger partial charge is 0.478 e. The Bertz CT molecular complexity index is 504. The number of aromatic carboxylic acids is 1. The number of esters is 1. The maximum atomic E-state index is 11.9. The predicted molar refractivity (Wildman–Crippen MR) is 67.4 cm³/mol. The predicted octanol–water partition coefficient (Wildman–Crippen LogP) is 1.50. The fraction of sp³-hybridized carbons (Fsp3) is 0.333. The van der Waals surface area contributed by atoms with E-state index in [1.54, 1.807) is 20.8 Å². The number of carbonyl (C=O) groups excluding carboxylic acids is 1. The molecule has 0 saturated heterocycles. The van der Waals surface area contributed by atoms with Gasteiger partial charge in [-0.2, -0.15) is 0 Å². The van der Waals surface area contributed by atoms with Crippen molar-refractivity contribution in [1.29, 1.82) is 0 Å². The summed E-state index contributed by atoms with van der Waals surface area (Å²) in [7, 11) is 0. The van der Waals surface area contributed by atoms with E-state index in [0.29, 0.717) is 0 Å². The third-order valence-corrected chi connectivity index (χ3v) is 2.02. The first-order valence-electron chi connectivity index (χ1n) is 5.27. The van der Waals surface area contributed by atoms with Crippen LogP contribution in [0.3, 0.4) is 0 Å². The van der Waals surface area contributed by atoms with E-state index in [1.807, 2.05) is 0 Å². The molecule has 0 radical (unpaired) electrons. The van der Waals surface area contributed by atoms with E-state index in [1.165, 1.54) is 12.1 Å². The summed E-state index contributed by atoms with van der Waals surface area (Å²) in [5, 5.41) is 9.04. The van der Waals surface area contributed by atoms with E-state index in [0.717, 1.165) is 0 Å². The topological polar surface area (TPSA) is 116 Å². The number of nitrogen functional groups attached to an aromatic ring is 2. The van der Waals surface area contributed by atoms with Crippen LogP contribution in [0, 0.1) is 0 Å². The number of nitrogens with two attached hydrogens (primary N) is 2. The van der Waals surface area contributed by atoms with Crippen LogP contribution in [-0.4, -0.2) is 22.6 Å². The van der Waals surface area contributed by atoms with Crippen LogP contribution in [0.15, 0.2) is 12.1 Å². The molecule has 18 heavy (non-hydrogen) atoms. The average molecular weight is 252 g/mol. The molecule has 0 unspecified atom stereocenters. The van der Waals surface area contributed by atoms with Gasteiger partial charge in [-0.05, 0) is 32.9 Å². The van der Waals surface area contributed by atoms with E-state index in [4.69, 9.17) is 21.3 Å². The highest BCUT2D eigenvalue weighted by atomic mass is 16.6. The third-order valence-electron chi connectivity index (χ3n) is 2.02. The molecule has 0 amide bonds. The monoisotopic (exact) mass is 252 g/mol. The molecule has 0 heterocycles. The molecule has 6 nitrogen and oxygen atoms in total. The van der Waals surface area contributed by atoms with Crippen LogP contribution in [0.1, 0.15) is 41.5 Å². The van der Waals surface area contributed by atoms with Crippen molar-refractivity contribution < 1.29 is 19.4 Å².